The SMILES string of the molecule is CCCCN(C)C(=O)Cn1c(C)ccc(C(C)=O)c1=O. The standard InChI is InChI=1S/C15H22N2O3/c1-5-6-9-16(4)14(19)10-17-11(2)7-8-13(12(3)18)15(17)20/h7-8H,5-6,9-10H2,1-4H3. The van der Waals surface area contributed by atoms with E-state index in [1.165, 1.54) is 17.6 Å². The molecule has 1 rings (SSSR count). The second-order valence-electron chi connectivity index (χ2n) is 5.00. The zero-order valence-corrected chi connectivity index (χ0v) is 12.6. The summed E-state index contributed by atoms with van der Waals surface area (Å²) in [5.74, 6) is -0.403. The van der Waals surface area contributed by atoms with E-state index >= 15 is 0 Å². The van der Waals surface area contributed by atoms with Crippen LogP contribution in [0.4, 0.5) is 0 Å². The van der Waals surface area contributed by atoms with Gasteiger partial charge in [-0.3, -0.25) is 14.4 Å². The molecule has 110 valence electrons. The third kappa shape index (κ3) is 3.79. The van der Waals surface area contributed by atoms with E-state index in [-0.39, 0.29) is 23.8 Å². The summed E-state index contributed by atoms with van der Waals surface area (Å²) in [5, 5.41) is 0. The molecule has 1 aromatic heterocycles. The molecule has 0 radical (unpaired) electrons. The van der Waals surface area contributed by atoms with E-state index in [1.807, 2.05) is 0 Å². The molecule has 1 amide bonds. The number of likely N-dealkylation sites (N-methyl/N-ethyl adjacent to an activating group) is 1. The second kappa shape index (κ2) is 7.03. The lowest BCUT2D eigenvalue weighted by Crippen LogP contribution is -2.36. The highest BCUT2D eigenvalue weighted by Crippen LogP contribution is 2.01. The van der Waals surface area contributed by atoms with E-state index in [0.717, 1.165) is 12.8 Å². The van der Waals surface area contributed by atoms with Crippen LogP contribution in [0, 0.1) is 6.92 Å². The average molecular weight is 278 g/mol. The molecule has 5 nitrogen and oxygen atoms in total. The van der Waals surface area contributed by atoms with Gasteiger partial charge in [-0.1, -0.05) is 13.3 Å². The zero-order chi connectivity index (χ0) is 15.3. The fraction of sp³-hybridized carbons (Fsp3) is 0.533. The molecule has 0 aliphatic rings. The number of rotatable bonds is 6. The number of nitrogens with zero attached hydrogens (tertiary/aromatic N) is 2. The molecular weight excluding hydrogens is 256 g/mol. The summed E-state index contributed by atoms with van der Waals surface area (Å²) in [7, 11) is 1.73. The van der Waals surface area contributed by atoms with Gasteiger partial charge in [0.05, 0.1) is 5.56 Å². The molecule has 0 aliphatic carbocycles. The third-order valence-electron chi connectivity index (χ3n) is 3.34. The summed E-state index contributed by atoms with van der Waals surface area (Å²) in [4.78, 5) is 37.3. The van der Waals surface area contributed by atoms with E-state index in [2.05, 4.69) is 6.92 Å². The van der Waals surface area contributed by atoms with Crippen molar-refractivity contribution in [1.29, 1.82) is 0 Å². The van der Waals surface area contributed by atoms with E-state index in [9.17, 15) is 14.4 Å². The van der Waals surface area contributed by atoms with Crippen molar-refractivity contribution >= 4 is 11.7 Å². The largest absolute Gasteiger partial charge is 0.344 e. The molecule has 0 bridgehead atoms. The minimum atomic E-state index is -0.394. The van der Waals surface area contributed by atoms with Gasteiger partial charge in [-0.25, -0.2) is 0 Å². The lowest BCUT2D eigenvalue weighted by atomic mass is 10.2. The third-order valence-corrected chi connectivity index (χ3v) is 3.34. The van der Waals surface area contributed by atoms with E-state index < -0.39 is 5.56 Å². The second-order valence-corrected chi connectivity index (χ2v) is 5.00. The molecular formula is C15H22N2O3. The van der Waals surface area contributed by atoms with Crippen molar-refractivity contribution in [3.05, 3.63) is 33.7 Å². The van der Waals surface area contributed by atoms with Gasteiger partial charge >= 0.3 is 0 Å². The molecule has 0 atom stereocenters. The van der Waals surface area contributed by atoms with Gasteiger partial charge in [0, 0.05) is 19.3 Å². The van der Waals surface area contributed by atoms with Crippen molar-refractivity contribution in [2.24, 2.45) is 0 Å². The zero-order valence-electron chi connectivity index (χ0n) is 12.6. The molecule has 0 aliphatic heterocycles. The Morgan fingerprint density at radius 3 is 2.50 bits per heavy atom. The Morgan fingerprint density at radius 2 is 1.95 bits per heavy atom. The highest BCUT2D eigenvalue weighted by Gasteiger charge is 2.14. The molecule has 0 saturated carbocycles. The van der Waals surface area contributed by atoms with Crippen molar-refractivity contribution < 1.29 is 9.59 Å². The van der Waals surface area contributed by atoms with Crippen LogP contribution < -0.4 is 5.56 Å². The topological polar surface area (TPSA) is 59.4 Å². The molecule has 1 aromatic rings. The van der Waals surface area contributed by atoms with Crippen LogP contribution in [-0.2, 0) is 11.3 Å². The Bertz CT molecular complexity index is 561. The van der Waals surface area contributed by atoms with Gasteiger partial charge in [-0.15, -0.1) is 0 Å². The number of carbonyl (C=O) groups excluding carboxylic acids is 2. The molecule has 5 heteroatoms. The molecule has 0 unspecified atom stereocenters. The van der Waals surface area contributed by atoms with Crippen LogP contribution in [0.1, 0.15) is 42.7 Å². The maximum Gasteiger partial charge on any atom is 0.262 e. The first-order valence-electron chi connectivity index (χ1n) is 6.83. The van der Waals surface area contributed by atoms with Gasteiger partial charge in [0.1, 0.15) is 6.54 Å². The minimum Gasteiger partial charge on any atom is -0.344 e. The normalized spacial score (nSPS) is 10.4. The fourth-order valence-corrected chi connectivity index (χ4v) is 1.91. The molecule has 0 spiro atoms. The molecule has 0 N–H and O–H groups in total. The smallest absolute Gasteiger partial charge is 0.262 e. The number of unbranched alkanes of at least 4 members (excludes halogenated alkanes) is 1. The van der Waals surface area contributed by atoms with Crippen LogP contribution in [-0.4, -0.2) is 34.7 Å². The highest BCUT2D eigenvalue weighted by molar-refractivity contribution is 5.93. The maximum atomic E-state index is 12.2. The molecule has 1 heterocycles. The Morgan fingerprint density at radius 1 is 1.30 bits per heavy atom. The summed E-state index contributed by atoms with van der Waals surface area (Å²) in [6.45, 7) is 5.82. The number of ketones is 1. The summed E-state index contributed by atoms with van der Waals surface area (Å²) in [6, 6.07) is 3.21. The van der Waals surface area contributed by atoms with Gasteiger partial charge in [-0.2, -0.15) is 0 Å². The van der Waals surface area contributed by atoms with Gasteiger partial charge < -0.3 is 9.47 Å². The minimum absolute atomic E-state index is 0.0218. The summed E-state index contributed by atoms with van der Waals surface area (Å²) in [5.41, 5.74) is 0.409. The number of hydrogen-bond donors (Lipinski definition) is 0. The Kier molecular flexibility index (Phi) is 5.67. The quantitative estimate of drug-likeness (QED) is 0.743. The van der Waals surface area contributed by atoms with Crippen molar-refractivity contribution in [2.75, 3.05) is 13.6 Å². The van der Waals surface area contributed by atoms with Crippen LogP contribution in [0.25, 0.3) is 0 Å². The van der Waals surface area contributed by atoms with E-state index in [1.54, 1.807) is 24.9 Å². The monoisotopic (exact) mass is 278 g/mol. The Balaban J connectivity index is 2.98. The van der Waals surface area contributed by atoms with E-state index in [0.29, 0.717) is 12.2 Å². The number of pyridine rings is 1. The number of Topliss-reactive ketones (excluding diaryl/α,β-unsaturated/α-hetero) is 1. The highest BCUT2D eigenvalue weighted by atomic mass is 16.2. The van der Waals surface area contributed by atoms with Crippen molar-refractivity contribution in [2.45, 2.75) is 40.2 Å². The predicted octanol–water partition coefficient (Wildman–Crippen LogP) is 1.62. The molecule has 0 fully saturated rings. The van der Waals surface area contributed by atoms with Crippen molar-refractivity contribution in [1.82, 2.24) is 9.47 Å². The fourth-order valence-electron chi connectivity index (χ4n) is 1.91. The first-order valence-corrected chi connectivity index (χ1v) is 6.83. The summed E-state index contributed by atoms with van der Waals surface area (Å²) < 4.78 is 1.36. The number of amides is 1. The Labute approximate surface area is 119 Å². The molecule has 0 saturated heterocycles. The van der Waals surface area contributed by atoms with Crippen LogP contribution in [0.5, 0.6) is 0 Å². The predicted molar refractivity (Wildman–Crippen MR) is 78.0 cm³/mol. The van der Waals surface area contributed by atoms with Crippen LogP contribution in [0.3, 0.4) is 0 Å². The van der Waals surface area contributed by atoms with Crippen LogP contribution >= 0.6 is 0 Å². The number of hydrogen-bond acceptors (Lipinski definition) is 3. The van der Waals surface area contributed by atoms with Crippen LogP contribution in [0.15, 0.2) is 16.9 Å². The number of carbonyl (C=O) groups is 2. The number of aromatic nitrogens is 1. The van der Waals surface area contributed by atoms with Crippen molar-refractivity contribution in [3.8, 4) is 0 Å². The maximum absolute atomic E-state index is 12.2. The van der Waals surface area contributed by atoms with Crippen LogP contribution in [0.2, 0.25) is 0 Å². The van der Waals surface area contributed by atoms with Gasteiger partial charge in [0.25, 0.3) is 5.56 Å². The Hall–Kier alpha value is -1.91. The van der Waals surface area contributed by atoms with Gasteiger partial charge in [0.15, 0.2) is 5.78 Å². The lowest BCUT2D eigenvalue weighted by molar-refractivity contribution is -0.130. The average Bonchev–Trinajstić information content (AvgIpc) is 2.39. The summed E-state index contributed by atoms with van der Waals surface area (Å²) in [6.07, 6.45) is 1.94. The number of aryl methyl sites for hydroxylation is 1. The van der Waals surface area contributed by atoms with E-state index in [4.69, 9.17) is 0 Å². The first-order chi connectivity index (χ1) is 9.38. The molecule has 0 aromatic carbocycles. The van der Waals surface area contributed by atoms with Gasteiger partial charge in [0.2, 0.25) is 5.91 Å². The first kappa shape index (κ1) is 16.1. The van der Waals surface area contributed by atoms with Gasteiger partial charge in [-0.05, 0) is 32.4 Å². The summed E-state index contributed by atoms with van der Waals surface area (Å²) >= 11 is 0. The molecule has 20 heavy (non-hydrogen) atoms. The lowest BCUT2D eigenvalue weighted by Gasteiger charge is -2.18. The van der Waals surface area contributed by atoms with Crippen molar-refractivity contribution in [3.63, 3.8) is 0 Å².